The van der Waals surface area contributed by atoms with Gasteiger partial charge in [-0.05, 0) is 48.9 Å². The van der Waals surface area contributed by atoms with Gasteiger partial charge in [0.2, 0.25) is 5.91 Å². The van der Waals surface area contributed by atoms with Gasteiger partial charge >= 0.3 is 0 Å². The molecule has 0 fully saturated rings. The summed E-state index contributed by atoms with van der Waals surface area (Å²) in [5.41, 5.74) is 2.85. The van der Waals surface area contributed by atoms with Gasteiger partial charge in [0, 0.05) is 29.0 Å². The van der Waals surface area contributed by atoms with Crippen molar-refractivity contribution >= 4 is 34.8 Å². The van der Waals surface area contributed by atoms with Gasteiger partial charge in [-0.2, -0.15) is 0 Å². The molecule has 3 N–H and O–H groups in total. The highest BCUT2D eigenvalue weighted by molar-refractivity contribution is 6.31. The van der Waals surface area contributed by atoms with Gasteiger partial charge < -0.3 is 16.0 Å². The zero-order valence-electron chi connectivity index (χ0n) is 12.9. The summed E-state index contributed by atoms with van der Waals surface area (Å²) in [4.78, 5) is 23.4. The van der Waals surface area contributed by atoms with Gasteiger partial charge in [-0.15, -0.1) is 0 Å². The second-order valence-electron chi connectivity index (χ2n) is 4.97. The van der Waals surface area contributed by atoms with Crippen molar-refractivity contribution in [3.8, 4) is 0 Å². The number of nitrogens with one attached hydrogen (secondary N) is 3. The summed E-state index contributed by atoms with van der Waals surface area (Å²) in [7, 11) is 1.58. The maximum atomic E-state index is 12.0. The van der Waals surface area contributed by atoms with Gasteiger partial charge in [0.05, 0.1) is 6.54 Å². The highest BCUT2D eigenvalue weighted by atomic mass is 35.5. The maximum Gasteiger partial charge on any atom is 0.251 e. The zero-order chi connectivity index (χ0) is 16.8. The maximum absolute atomic E-state index is 12.0. The molecule has 0 heterocycles. The molecule has 0 aliphatic rings. The number of anilines is 2. The largest absolute Gasteiger partial charge is 0.376 e. The van der Waals surface area contributed by atoms with Crippen molar-refractivity contribution in [3.05, 3.63) is 58.6 Å². The van der Waals surface area contributed by atoms with Crippen LogP contribution in [0.15, 0.2) is 42.5 Å². The van der Waals surface area contributed by atoms with E-state index in [0.29, 0.717) is 16.3 Å². The van der Waals surface area contributed by atoms with E-state index in [4.69, 9.17) is 11.6 Å². The lowest BCUT2D eigenvalue weighted by molar-refractivity contribution is -0.114. The monoisotopic (exact) mass is 331 g/mol. The molecule has 2 amide bonds. The first-order valence-corrected chi connectivity index (χ1v) is 7.50. The zero-order valence-corrected chi connectivity index (χ0v) is 13.7. The third-order valence-electron chi connectivity index (χ3n) is 3.37. The molecule has 0 aliphatic heterocycles. The summed E-state index contributed by atoms with van der Waals surface area (Å²) in [5.74, 6) is -0.323. The minimum absolute atomic E-state index is 0.116. The molecule has 2 aromatic rings. The van der Waals surface area contributed by atoms with Crippen LogP contribution < -0.4 is 16.0 Å². The van der Waals surface area contributed by atoms with Crippen molar-refractivity contribution in [2.75, 3.05) is 24.2 Å². The van der Waals surface area contributed by atoms with Crippen LogP contribution in [0.1, 0.15) is 15.9 Å². The Balaban J connectivity index is 1.91. The Kier molecular flexibility index (Phi) is 5.60. The molecule has 23 heavy (non-hydrogen) atoms. The van der Waals surface area contributed by atoms with Crippen molar-refractivity contribution in [3.63, 3.8) is 0 Å². The van der Waals surface area contributed by atoms with Gasteiger partial charge in [-0.3, -0.25) is 9.59 Å². The van der Waals surface area contributed by atoms with Gasteiger partial charge in [0.1, 0.15) is 0 Å². The van der Waals surface area contributed by atoms with Crippen molar-refractivity contribution in [2.45, 2.75) is 6.92 Å². The van der Waals surface area contributed by atoms with Crippen LogP contribution in [0.2, 0.25) is 5.02 Å². The number of rotatable bonds is 5. The SMILES string of the molecule is CNC(=O)c1ccc(NCC(=O)Nc2cccc(Cl)c2C)cc1. The topological polar surface area (TPSA) is 70.2 Å². The van der Waals surface area contributed by atoms with Crippen LogP contribution >= 0.6 is 11.6 Å². The second kappa shape index (κ2) is 7.65. The first-order chi connectivity index (χ1) is 11.0. The Morgan fingerprint density at radius 2 is 1.78 bits per heavy atom. The Bertz CT molecular complexity index is 714. The summed E-state index contributed by atoms with van der Waals surface area (Å²) >= 11 is 6.02. The number of hydrogen-bond donors (Lipinski definition) is 3. The number of benzene rings is 2. The van der Waals surface area contributed by atoms with Crippen molar-refractivity contribution < 1.29 is 9.59 Å². The smallest absolute Gasteiger partial charge is 0.251 e. The van der Waals surface area contributed by atoms with E-state index in [9.17, 15) is 9.59 Å². The number of halogens is 1. The summed E-state index contributed by atoms with van der Waals surface area (Å²) in [5, 5.41) is 8.98. The van der Waals surface area contributed by atoms with Gasteiger partial charge in [-0.1, -0.05) is 17.7 Å². The molecular weight excluding hydrogens is 314 g/mol. The molecule has 0 spiro atoms. The van der Waals surface area contributed by atoms with E-state index in [0.717, 1.165) is 11.3 Å². The molecule has 6 heteroatoms. The summed E-state index contributed by atoms with van der Waals surface area (Å²) in [6.07, 6.45) is 0. The van der Waals surface area contributed by atoms with E-state index in [2.05, 4.69) is 16.0 Å². The Morgan fingerprint density at radius 3 is 2.43 bits per heavy atom. The Morgan fingerprint density at radius 1 is 1.09 bits per heavy atom. The molecule has 120 valence electrons. The molecule has 5 nitrogen and oxygen atoms in total. The average Bonchev–Trinajstić information content (AvgIpc) is 2.57. The summed E-state index contributed by atoms with van der Waals surface area (Å²) in [6.45, 7) is 1.97. The lowest BCUT2D eigenvalue weighted by Gasteiger charge is -2.11. The van der Waals surface area contributed by atoms with Gasteiger partial charge in [0.15, 0.2) is 0 Å². The van der Waals surface area contributed by atoms with Crippen molar-refractivity contribution in [1.29, 1.82) is 0 Å². The Hall–Kier alpha value is -2.53. The molecule has 2 rings (SSSR count). The van der Waals surface area contributed by atoms with Crippen LogP contribution in [0, 0.1) is 6.92 Å². The summed E-state index contributed by atoms with van der Waals surface area (Å²) < 4.78 is 0. The quantitative estimate of drug-likeness (QED) is 0.788. The predicted octanol–water partition coefficient (Wildman–Crippen LogP) is 3.06. The average molecular weight is 332 g/mol. The molecule has 2 aromatic carbocycles. The summed E-state index contributed by atoms with van der Waals surface area (Å²) in [6, 6.07) is 12.3. The van der Waals surface area contributed by atoms with E-state index in [1.807, 2.05) is 6.92 Å². The fraction of sp³-hybridized carbons (Fsp3) is 0.176. The number of amides is 2. The lowest BCUT2D eigenvalue weighted by atomic mass is 10.2. The molecule has 0 saturated carbocycles. The molecule has 0 aromatic heterocycles. The van der Waals surface area contributed by atoms with Crippen molar-refractivity contribution in [1.82, 2.24) is 5.32 Å². The molecule has 0 atom stereocenters. The normalized spacial score (nSPS) is 10.0. The number of hydrogen-bond acceptors (Lipinski definition) is 3. The molecule has 0 radical (unpaired) electrons. The third kappa shape index (κ3) is 4.47. The minimum Gasteiger partial charge on any atom is -0.376 e. The molecular formula is C17H18ClN3O2. The van der Waals surface area contributed by atoms with Gasteiger partial charge in [-0.25, -0.2) is 0 Å². The predicted molar refractivity (Wildman–Crippen MR) is 93.1 cm³/mol. The fourth-order valence-electron chi connectivity index (χ4n) is 2.00. The molecule has 0 saturated heterocycles. The number of carbonyl (C=O) groups is 2. The van der Waals surface area contributed by atoms with Gasteiger partial charge in [0.25, 0.3) is 5.91 Å². The van der Waals surface area contributed by atoms with E-state index in [1.54, 1.807) is 49.5 Å². The third-order valence-corrected chi connectivity index (χ3v) is 3.78. The van der Waals surface area contributed by atoms with Crippen LogP contribution in [0.4, 0.5) is 11.4 Å². The van der Waals surface area contributed by atoms with E-state index < -0.39 is 0 Å². The fourth-order valence-corrected chi connectivity index (χ4v) is 2.18. The molecule has 0 unspecified atom stereocenters. The van der Waals surface area contributed by atoms with Crippen LogP contribution in [0.3, 0.4) is 0 Å². The first kappa shape index (κ1) is 16.8. The van der Waals surface area contributed by atoms with Crippen molar-refractivity contribution in [2.24, 2.45) is 0 Å². The van der Waals surface area contributed by atoms with Crippen LogP contribution in [-0.4, -0.2) is 25.4 Å². The Labute approximate surface area is 140 Å². The minimum atomic E-state index is -0.175. The molecule has 0 bridgehead atoms. The second-order valence-corrected chi connectivity index (χ2v) is 5.38. The van der Waals surface area contributed by atoms with Crippen LogP contribution in [0.5, 0.6) is 0 Å². The number of carbonyl (C=O) groups excluding carboxylic acids is 2. The van der Waals surface area contributed by atoms with E-state index >= 15 is 0 Å². The standard InChI is InChI=1S/C17H18ClN3O2/c1-11-14(18)4-3-5-15(11)21-16(22)10-20-13-8-6-12(7-9-13)17(23)19-2/h3-9,20H,10H2,1-2H3,(H,19,23)(H,21,22). The molecule has 0 aliphatic carbocycles. The highest BCUT2D eigenvalue weighted by Gasteiger charge is 2.07. The van der Waals surface area contributed by atoms with E-state index in [-0.39, 0.29) is 18.4 Å². The van der Waals surface area contributed by atoms with Crippen LogP contribution in [-0.2, 0) is 4.79 Å². The lowest BCUT2D eigenvalue weighted by Crippen LogP contribution is -2.22. The first-order valence-electron chi connectivity index (χ1n) is 7.12. The van der Waals surface area contributed by atoms with Crippen LogP contribution in [0.25, 0.3) is 0 Å². The van der Waals surface area contributed by atoms with E-state index in [1.165, 1.54) is 0 Å². The highest BCUT2D eigenvalue weighted by Crippen LogP contribution is 2.22.